The first kappa shape index (κ1) is 12.0. The molecule has 17 heavy (non-hydrogen) atoms. The zero-order valence-corrected chi connectivity index (χ0v) is 10.6. The molecule has 0 unspecified atom stereocenters. The number of nitrogens with one attached hydrogen (secondary N) is 1. The number of amides is 1. The molecule has 2 nitrogen and oxygen atoms in total. The van der Waals surface area contributed by atoms with Crippen LogP contribution in [0.25, 0.3) is 10.8 Å². The molecule has 0 aliphatic rings. The average molecular weight is 245 g/mol. The van der Waals surface area contributed by atoms with Crippen molar-refractivity contribution in [2.24, 2.45) is 0 Å². The fraction of sp³-hybridized carbons (Fsp3) is 0.214. The number of carbonyl (C=O) groups excluding carboxylic acids is 1. The lowest BCUT2D eigenvalue weighted by atomic mass is 10.0. The highest BCUT2D eigenvalue weighted by Gasteiger charge is 2.08. The third-order valence-electron chi connectivity index (χ3n) is 2.79. The molecular weight excluding hydrogens is 230 g/mol. The molecule has 0 spiro atoms. The molecule has 0 heterocycles. The standard InChI is InChI=1S/C14H15NOS/c1-10(15-14(16)9-17)12-7-6-11-4-2-3-5-13(11)8-12/h2-8,10,17H,9H2,1H3,(H,15,16)/t10-/m0/s1. The molecule has 1 amide bonds. The monoisotopic (exact) mass is 245 g/mol. The smallest absolute Gasteiger partial charge is 0.230 e. The maximum absolute atomic E-state index is 11.3. The first-order valence-electron chi connectivity index (χ1n) is 5.59. The van der Waals surface area contributed by atoms with E-state index < -0.39 is 0 Å². The normalized spacial score (nSPS) is 12.4. The van der Waals surface area contributed by atoms with Crippen LogP contribution in [-0.4, -0.2) is 11.7 Å². The van der Waals surface area contributed by atoms with Crippen LogP contribution in [-0.2, 0) is 4.79 Å². The molecule has 3 heteroatoms. The van der Waals surface area contributed by atoms with E-state index in [1.54, 1.807) is 0 Å². The number of fused-ring (bicyclic) bond motifs is 1. The molecule has 0 aliphatic heterocycles. The molecule has 0 radical (unpaired) electrons. The van der Waals surface area contributed by atoms with Crippen molar-refractivity contribution in [1.82, 2.24) is 5.32 Å². The van der Waals surface area contributed by atoms with E-state index in [1.165, 1.54) is 10.8 Å². The maximum atomic E-state index is 11.3. The molecule has 2 rings (SSSR count). The first-order chi connectivity index (χ1) is 8.20. The Morgan fingerprint density at radius 3 is 2.65 bits per heavy atom. The van der Waals surface area contributed by atoms with Crippen LogP contribution in [0.1, 0.15) is 18.5 Å². The fourth-order valence-electron chi connectivity index (χ4n) is 1.85. The predicted molar refractivity (Wildman–Crippen MR) is 74.4 cm³/mol. The minimum absolute atomic E-state index is 0.0132. The van der Waals surface area contributed by atoms with Crippen LogP contribution >= 0.6 is 12.6 Å². The van der Waals surface area contributed by atoms with Gasteiger partial charge in [-0.1, -0.05) is 36.4 Å². The molecule has 1 atom stereocenters. The van der Waals surface area contributed by atoms with Crippen LogP contribution in [0, 0.1) is 0 Å². The maximum Gasteiger partial charge on any atom is 0.230 e. The van der Waals surface area contributed by atoms with Crippen molar-refractivity contribution in [3.63, 3.8) is 0 Å². The Bertz CT molecular complexity index is 538. The molecule has 1 N–H and O–H groups in total. The van der Waals surface area contributed by atoms with E-state index in [1.807, 2.05) is 25.1 Å². The summed E-state index contributed by atoms with van der Waals surface area (Å²) >= 11 is 3.95. The second-order valence-corrected chi connectivity index (χ2v) is 4.37. The van der Waals surface area contributed by atoms with Gasteiger partial charge < -0.3 is 5.32 Å². The lowest BCUT2D eigenvalue weighted by molar-refractivity contribution is -0.119. The molecular formula is C14H15NOS. The average Bonchev–Trinajstić information content (AvgIpc) is 2.38. The molecule has 2 aromatic carbocycles. The van der Waals surface area contributed by atoms with Crippen molar-refractivity contribution >= 4 is 29.3 Å². The van der Waals surface area contributed by atoms with Crippen molar-refractivity contribution < 1.29 is 4.79 Å². The van der Waals surface area contributed by atoms with Gasteiger partial charge in [0.2, 0.25) is 5.91 Å². The van der Waals surface area contributed by atoms with Gasteiger partial charge in [0.15, 0.2) is 0 Å². The number of rotatable bonds is 3. The van der Waals surface area contributed by atoms with Crippen LogP contribution in [0.2, 0.25) is 0 Å². The summed E-state index contributed by atoms with van der Waals surface area (Å²) in [5.41, 5.74) is 1.11. The van der Waals surface area contributed by atoms with Crippen molar-refractivity contribution in [2.45, 2.75) is 13.0 Å². The van der Waals surface area contributed by atoms with Gasteiger partial charge in [0, 0.05) is 0 Å². The minimum atomic E-state index is -0.0472. The van der Waals surface area contributed by atoms with Gasteiger partial charge in [0.05, 0.1) is 11.8 Å². The molecule has 88 valence electrons. The summed E-state index contributed by atoms with van der Waals surface area (Å²) in [4.78, 5) is 11.3. The van der Waals surface area contributed by atoms with Gasteiger partial charge in [0.1, 0.15) is 0 Å². The van der Waals surface area contributed by atoms with Gasteiger partial charge in [-0.05, 0) is 29.3 Å². The minimum Gasteiger partial charge on any atom is -0.349 e. The molecule has 0 saturated heterocycles. The number of carbonyl (C=O) groups is 1. The molecule has 0 bridgehead atoms. The van der Waals surface area contributed by atoms with Gasteiger partial charge in [-0.2, -0.15) is 12.6 Å². The largest absolute Gasteiger partial charge is 0.349 e. The predicted octanol–water partition coefficient (Wildman–Crippen LogP) is 2.95. The van der Waals surface area contributed by atoms with Gasteiger partial charge in [-0.15, -0.1) is 0 Å². The Balaban J connectivity index is 2.26. The Morgan fingerprint density at radius 2 is 1.94 bits per heavy atom. The molecule has 0 fully saturated rings. The lowest BCUT2D eigenvalue weighted by Crippen LogP contribution is -2.27. The fourth-order valence-corrected chi connectivity index (χ4v) is 1.94. The Hall–Kier alpha value is -1.48. The topological polar surface area (TPSA) is 29.1 Å². The van der Waals surface area contributed by atoms with Crippen LogP contribution in [0.5, 0.6) is 0 Å². The van der Waals surface area contributed by atoms with Crippen molar-refractivity contribution in [1.29, 1.82) is 0 Å². The second-order valence-electron chi connectivity index (χ2n) is 4.05. The highest BCUT2D eigenvalue weighted by molar-refractivity contribution is 7.81. The Kier molecular flexibility index (Phi) is 3.69. The van der Waals surface area contributed by atoms with Crippen LogP contribution in [0.15, 0.2) is 42.5 Å². The SMILES string of the molecule is C[C@H](NC(=O)CS)c1ccc2ccccc2c1. The zero-order chi connectivity index (χ0) is 12.3. The molecule has 0 aliphatic carbocycles. The van der Waals surface area contributed by atoms with Gasteiger partial charge in [-0.3, -0.25) is 4.79 Å². The summed E-state index contributed by atoms with van der Waals surface area (Å²) in [6.45, 7) is 1.98. The third kappa shape index (κ3) is 2.80. The molecule has 2 aromatic rings. The molecule has 0 saturated carbocycles. The van der Waals surface area contributed by atoms with Crippen molar-refractivity contribution in [3.05, 3.63) is 48.0 Å². The summed E-state index contributed by atoms with van der Waals surface area (Å²) in [7, 11) is 0. The number of benzene rings is 2. The summed E-state index contributed by atoms with van der Waals surface area (Å²) in [6.07, 6.45) is 0. The summed E-state index contributed by atoms with van der Waals surface area (Å²) in [5, 5.41) is 5.30. The second kappa shape index (κ2) is 5.23. The molecule has 0 aromatic heterocycles. The number of thiol groups is 1. The summed E-state index contributed by atoms with van der Waals surface area (Å²) in [6, 6.07) is 14.4. The van der Waals surface area contributed by atoms with Crippen LogP contribution < -0.4 is 5.32 Å². The van der Waals surface area contributed by atoms with Gasteiger partial charge in [0.25, 0.3) is 0 Å². The lowest BCUT2D eigenvalue weighted by Gasteiger charge is -2.14. The van der Waals surface area contributed by atoms with Crippen LogP contribution in [0.3, 0.4) is 0 Å². The van der Waals surface area contributed by atoms with Crippen LogP contribution in [0.4, 0.5) is 0 Å². The van der Waals surface area contributed by atoms with E-state index in [0.29, 0.717) is 0 Å². The quantitative estimate of drug-likeness (QED) is 0.800. The van der Waals surface area contributed by atoms with E-state index in [0.717, 1.165) is 5.56 Å². The first-order valence-corrected chi connectivity index (χ1v) is 6.23. The van der Waals surface area contributed by atoms with Gasteiger partial charge in [-0.25, -0.2) is 0 Å². The number of hydrogen-bond donors (Lipinski definition) is 2. The highest BCUT2D eigenvalue weighted by atomic mass is 32.1. The highest BCUT2D eigenvalue weighted by Crippen LogP contribution is 2.20. The van der Waals surface area contributed by atoms with E-state index >= 15 is 0 Å². The summed E-state index contributed by atoms with van der Waals surface area (Å²) in [5.74, 6) is 0.173. The zero-order valence-electron chi connectivity index (χ0n) is 9.68. The Labute approximate surface area is 106 Å². The van der Waals surface area contributed by atoms with E-state index in [-0.39, 0.29) is 17.7 Å². The van der Waals surface area contributed by atoms with Crippen molar-refractivity contribution in [3.8, 4) is 0 Å². The number of hydrogen-bond acceptors (Lipinski definition) is 2. The van der Waals surface area contributed by atoms with E-state index in [2.05, 4.69) is 42.2 Å². The summed E-state index contributed by atoms with van der Waals surface area (Å²) < 4.78 is 0. The van der Waals surface area contributed by atoms with Crippen molar-refractivity contribution in [2.75, 3.05) is 5.75 Å². The van der Waals surface area contributed by atoms with E-state index in [9.17, 15) is 4.79 Å². The van der Waals surface area contributed by atoms with E-state index in [4.69, 9.17) is 0 Å². The Morgan fingerprint density at radius 1 is 1.24 bits per heavy atom. The van der Waals surface area contributed by atoms with Gasteiger partial charge >= 0.3 is 0 Å². The third-order valence-corrected chi connectivity index (χ3v) is 3.08.